The minimum atomic E-state index is 0.479. The van der Waals surface area contributed by atoms with Crippen molar-refractivity contribution in [3.8, 4) is 0 Å². The van der Waals surface area contributed by atoms with E-state index >= 15 is 0 Å². The maximum absolute atomic E-state index is 3.56. The van der Waals surface area contributed by atoms with Gasteiger partial charge < -0.3 is 5.23 Å². The average Bonchev–Trinajstić information content (AvgIpc) is 1.89. The van der Waals surface area contributed by atoms with Gasteiger partial charge in [0.1, 0.15) is 0 Å². The van der Waals surface area contributed by atoms with Crippen LogP contribution >= 0.6 is 0 Å². The minimum absolute atomic E-state index is 0.479. The highest BCUT2D eigenvalue weighted by Crippen LogP contribution is 2.26. The molecule has 1 N–H and O–H groups in total. The Labute approximate surface area is 64.8 Å². The van der Waals surface area contributed by atoms with Crippen molar-refractivity contribution in [1.82, 2.24) is 5.23 Å². The van der Waals surface area contributed by atoms with E-state index in [1.165, 1.54) is 32.1 Å². The Kier molecular flexibility index (Phi) is 2.78. The highest BCUT2D eigenvalue weighted by Gasteiger charge is 2.24. The molecule has 0 aromatic rings. The van der Waals surface area contributed by atoms with Crippen LogP contribution in [0, 0.1) is 0 Å². The van der Waals surface area contributed by atoms with Crippen molar-refractivity contribution < 1.29 is 0 Å². The smallest absolute Gasteiger partial charge is 0.198 e. The van der Waals surface area contributed by atoms with E-state index in [1.54, 1.807) is 0 Å². The Morgan fingerprint density at radius 1 is 1.20 bits per heavy atom. The molecule has 1 fully saturated rings. The van der Waals surface area contributed by atoms with Crippen LogP contribution < -0.4 is 5.23 Å². The van der Waals surface area contributed by atoms with Crippen molar-refractivity contribution in [2.24, 2.45) is 0 Å². The van der Waals surface area contributed by atoms with Crippen LogP contribution in [0.15, 0.2) is 0 Å². The molecule has 0 aliphatic heterocycles. The first-order valence-corrected chi connectivity index (χ1v) is 4.52. The molecule has 0 spiro atoms. The molecule has 10 heavy (non-hydrogen) atoms. The molecule has 0 amide bonds. The monoisotopic (exact) mass is 139 g/mol. The largest absolute Gasteiger partial charge is 0.354 e. The third kappa shape index (κ3) is 2.01. The van der Waals surface area contributed by atoms with Gasteiger partial charge in [-0.15, -0.1) is 0 Å². The first kappa shape index (κ1) is 8.12. The summed E-state index contributed by atoms with van der Waals surface area (Å²) in [5.74, 6) is 0. The van der Waals surface area contributed by atoms with Crippen molar-refractivity contribution in [3.05, 3.63) is 0 Å². The molecule has 0 heterocycles. The topological polar surface area (TPSA) is 12.0 Å². The summed E-state index contributed by atoms with van der Waals surface area (Å²) < 4.78 is 0. The Morgan fingerprint density at radius 3 is 2.30 bits per heavy atom. The third-order valence-corrected chi connectivity index (χ3v) is 2.56. The predicted octanol–water partition coefficient (Wildman–Crippen LogP) is 1.70. The van der Waals surface area contributed by atoms with Gasteiger partial charge in [0.2, 0.25) is 0 Å². The van der Waals surface area contributed by atoms with Crippen LogP contribution in [0.2, 0.25) is 6.82 Å². The Hall–Kier alpha value is 0.0249. The van der Waals surface area contributed by atoms with Crippen LogP contribution in [0.4, 0.5) is 0 Å². The Bertz CT molecular complexity index is 91.9. The highest BCUT2D eigenvalue weighted by molar-refractivity contribution is 6.30. The van der Waals surface area contributed by atoms with Gasteiger partial charge in [-0.3, -0.25) is 0 Å². The van der Waals surface area contributed by atoms with Crippen LogP contribution in [0.5, 0.6) is 0 Å². The van der Waals surface area contributed by atoms with E-state index in [9.17, 15) is 0 Å². The number of hydrogen-bond donors (Lipinski definition) is 1. The molecule has 1 aliphatic carbocycles. The third-order valence-electron chi connectivity index (χ3n) is 2.56. The molecule has 1 nitrogen and oxygen atoms in total. The fraction of sp³-hybridized carbons (Fsp3) is 1.00. The molecule has 0 radical (unpaired) electrons. The summed E-state index contributed by atoms with van der Waals surface area (Å²) in [5.41, 5.74) is 0.479. The van der Waals surface area contributed by atoms with E-state index in [-0.39, 0.29) is 0 Å². The molecule has 1 rings (SSSR count). The van der Waals surface area contributed by atoms with Crippen LogP contribution in [0.25, 0.3) is 0 Å². The average molecular weight is 139 g/mol. The second-order valence-corrected chi connectivity index (χ2v) is 3.65. The lowest BCUT2D eigenvalue weighted by molar-refractivity contribution is 0.296. The van der Waals surface area contributed by atoms with Gasteiger partial charge in [0.15, 0.2) is 7.41 Å². The molecule has 58 valence electrons. The van der Waals surface area contributed by atoms with Gasteiger partial charge in [-0.1, -0.05) is 26.1 Å². The quantitative estimate of drug-likeness (QED) is 0.574. The number of hydrogen-bond acceptors (Lipinski definition) is 1. The normalized spacial score (nSPS) is 24.2. The zero-order valence-corrected chi connectivity index (χ0v) is 7.24. The van der Waals surface area contributed by atoms with Crippen molar-refractivity contribution in [1.29, 1.82) is 0 Å². The molecule has 0 unspecified atom stereocenters. The molecule has 0 saturated heterocycles. The molecular formula is C8H18BN. The minimum Gasteiger partial charge on any atom is -0.354 e. The van der Waals surface area contributed by atoms with Gasteiger partial charge >= 0.3 is 0 Å². The molecule has 0 aromatic carbocycles. The number of rotatable bonds is 2. The molecule has 0 bridgehead atoms. The molecule has 2 heteroatoms. The highest BCUT2D eigenvalue weighted by atomic mass is 14.9. The lowest BCUT2D eigenvalue weighted by atomic mass is 9.79. The Balaban J connectivity index is 2.32. The summed E-state index contributed by atoms with van der Waals surface area (Å²) in [6.07, 6.45) is 7.04. The van der Waals surface area contributed by atoms with Crippen molar-refractivity contribution in [2.75, 3.05) is 0 Å². The van der Waals surface area contributed by atoms with Crippen molar-refractivity contribution in [3.63, 3.8) is 0 Å². The molecule has 1 aliphatic rings. The maximum Gasteiger partial charge on any atom is 0.198 e. The Morgan fingerprint density at radius 2 is 1.80 bits per heavy atom. The molecular weight excluding hydrogens is 121 g/mol. The van der Waals surface area contributed by atoms with E-state index in [2.05, 4.69) is 19.0 Å². The van der Waals surface area contributed by atoms with Gasteiger partial charge in [0.05, 0.1) is 0 Å². The van der Waals surface area contributed by atoms with Crippen molar-refractivity contribution >= 4 is 7.41 Å². The molecule has 0 atom stereocenters. The fourth-order valence-electron chi connectivity index (χ4n) is 1.94. The summed E-state index contributed by atoms with van der Waals surface area (Å²) in [5, 5.41) is 3.56. The van der Waals surface area contributed by atoms with Gasteiger partial charge in [-0.2, -0.15) is 0 Å². The zero-order valence-electron chi connectivity index (χ0n) is 7.24. The van der Waals surface area contributed by atoms with Gasteiger partial charge in [-0.05, 0) is 19.8 Å². The fourth-order valence-corrected chi connectivity index (χ4v) is 1.94. The second-order valence-electron chi connectivity index (χ2n) is 3.65. The molecule has 1 saturated carbocycles. The summed E-state index contributed by atoms with van der Waals surface area (Å²) in [7, 11) is 1.12. The standard InChI is InChI=1S/C8H18BN/c1-8(10-9-2)6-4-3-5-7-8/h9-10H,3-7H2,1-2H3. The van der Waals surface area contributed by atoms with E-state index in [4.69, 9.17) is 0 Å². The van der Waals surface area contributed by atoms with Crippen LogP contribution in [0.1, 0.15) is 39.0 Å². The first-order chi connectivity index (χ1) is 4.77. The van der Waals surface area contributed by atoms with E-state index in [0.29, 0.717) is 5.54 Å². The van der Waals surface area contributed by atoms with Crippen molar-refractivity contribution in [2.45, 2.75) is 51.4 Å². The maximum atomic E-state index is 3.56. The van der Waals surface area contributed by atoms with Crippen LogP contribution in [-0.2, 0) is 0 Å². The molecule has 0 aromatic heterocycles. The number of nitrogens with one attached hydrogen (secondary N) is 1. The summed E-state index contributed by atoms with van der Waals surface area (Å²) in [4.78, 5) is 0. The first-order valence-electron chi connectivity index (χ1n) is 4.52. The summed E-state index contributed by atoms with van der Waals surface area (Å²) in [6, 6.07) is 0. The van der Waals surface area contributed by atoms with Crippen LogP contribution in [-0.4, -0.2) is 13.0 Å². The van der Waals surface area contributed by atoms with E-state index in [0.717, 1.165) is 7.41 Å². The predicted molar refractivity (Wildman–Crippen MR) is 47.6 cm³/mol. The SMILES string of the molecule is CBNC1(C)CCCCC1. The zero-order chi connectivity index (χ0) is 7.45. The summed E-state index contributed by atoms with van der Waals surface area (Å²) >= 11 is 0. The lowest BCUT2D eigenvalue weighted by Gasteiger charge is -2.34. The van der Waals surface area contributed by atoms with Gasteiger partial charge in [-0.25, -0.2) is 0 Å². The lowest BCUT2D eigenvalue weighted by Crippen LogP contribution is -2.44. The summed E-state index contributed by atoms with van der Waals surface area (Å²) in [6.45, 7) is 4.55. The van der Waals surface area contributed by atoms with E-state index < -0.39 is 0 Å². The van der Waals surface area contributed by atoms with Gasteiger partial charge in [0, 0.05) is 5.54 Å². The van der Waals surface area contributed by atoms with E-state index in [1.807, 2.05) is 0 Å². The van der Waals surface area contributed by atoms with Gasteiger partial charge in [0.25, 0.3) is 0 Å². The van der Waals surface area contributed by atoms with Crippen LogP contribution in [0.3, 0.4) is 0 Å². The second kappa shape index (κ2) is 3.43.